The fourth-order valence-electron chi connectivity index (χ4n) is 3.80. The van der Waals surface area contributed by atoms with Gasteiger partial charge >= 0.3 is 6.09 Å². The molecule has 0 saturated carbocycles. The zero-order valence-corrected chi connectivity index (χ0v) is 22.6. The van der Waals surface area contributed by atoms with Crippen molar-refractivity contribution >= 4 is 22.7 Å². The molecule has 1 aliphatic heterocycles. The van der Waals surface area contributed by atoms with Crippen LogP contribution in [0.5, 0.6) is 0 Å². The smallest absolute Gasteiger partial charge is 0.410 e. The fourth-order valence-corrected chi connectivity index (χ4v) is 3.80. The minimum atomic E-state index is -0.445. The summed E-state index contributed by atoms with van der Waals surface area (Å²) < 4.78 is 11.1. The summed E-state index contributed by atoms with van der Waals surface area (Å²) in [6.45, 7) is 24.3. The highest BCUT2D eigenvalue weighted by Crippen LogP contribution is 2.30. The van der Waals surface area contributed by atoms with E-state index in [-0.39, 0.29) is 6.09 Å². The second-order valence-corrected chi connectivity index (χ2v) is 9.51. The summed E-state index contributed by atoms with van der Waals surface area (Å²) in [6, 6.07) is 4.14. The van der Waals surface area contributed by atoms with Crippen LogP contribution in [0.1, 0.15) is 79.0 Å². The summed E-state index contributed by atoms with van der Waals surface area (Å²) in [5.74, 6) is 0.589. The first kappa shape index (κ1) is 29.3. The van der Waals surface area contributed by atoms with E-state index in [1.165, 1.54) is 0 Å². The first-order chi connectivity index (χ1) is 16.1. The number of benzene rings is 1. The van der Waals surface area contributed by atoms with Gasteiger partial charge in [0.1, 0.15) is 5.60 Å². The van der Waals surface area contributed by atoms with E-state index in [4.69, 9.17) is 9.26 Å². The van der Waals surface area contributed by atoms with E-state index in [1.54, 1.807) is 6.08 Å². The summed E-state index contributed by atoms with van der Waals surface area (Å²) in [4.78, 5) is 14.0. The molecule has 2 aromatic rings. The van der Waals surface area contributed by atoms with Gasteiger partial charge in [0.2, 0.25) is 0 Å². The van der Waals surface area contributed by atoms with E-state index in [0.717, 1.165) is 72.4 Å². The predicted molar refractivity (Wildman–Crippen MR) is 143 cm³/mol. The molecule has 1 amide bonds. The van der Waals surface area contributed by atoms with Crippen molar-refractivity contribution in [3.63, 3.8) is 0 Å². The van der Waals surface area contributed by atoms with Gasteiger partial charge in [-0.05, 0) is 85.3 Å². The summed E-state index contributed by atoms with van der Waals surface area (Å²) in [5, 5.41) is 8.68. The minimum Gasteiger partial charge on any atom is -0.444 e. The Morgan fingerprint density at radius 2 is 1.88 bits per heavy atom. The molecule has 2 heterocycles. The summed E-state index contributed by atoms with van der Waals surface area (Å²) >= 11 is 0. The van der Waals surface area contributed by atoms with E-state index in [2.05, 4.69) is 35.8 Å². The number of fused-ring (bicyclic) bond motifs is 1. The SMILES string of the molecule is C=C(C)Nc1ccc2c(CCC3CCN(C(=O)OC(C)(C)C)CC3)noc2c1C.C=CC.CC. The van der Waals surface area contributed by atoms with Crippen LogP contribution in [-0.2, 0) is 11.2 Å². The maximum absolute atomic E-state index is 12.2. The third-order valence-electron chi connectivity index (χ3n) is 5.37. The Morgan fingerprint density at radius 3 is 2.41 bits per heavy atom. The van der Waals surface area contributed by atoms with E-state index in [1.807, 2.05) is 60.3 Å². The topological polar surface area (TPSA) is 67.6 Å². The monoisotopic (exact) mass is 471 g/mol. The van der Waals surface area contributed by atoms with Gasteiger partial charge in [-0.1, -0.05) is 31.7 Å². The second-order valence-electron chi connectivity index (χ2n) is 9.51. The Hall–Kier alpha value is -2.76. The highest BCUT2D eigenvalue weighted by atomic mass is 16.6. The zero-order valence-electron chi connectivity index (χ0n) is 22.6. The molecule has 1 N–H and O–H groups in total. The number of piperidine rings is 1. The maximum atomic E-state index is 12.2. The molecule has 0 unspecified atom stereocenters. The average Bonchev–Trinajstić information content (AvgIpc) is 3.19. The lowest BCUT2D eigenvalue weighted by atomic mass is 9.91. The van der Waals surface area contributed by atoms with Gasteiger partial charge in [0, 0.05) is 35.4 Å². The molecule has 1 aliphatic rings. The third-order valence-corrected chi connectivity index (χ3v) is 5.37. The molecule has 1 fully saturated rings. The van der Waals surface area contributed by atoms with Gasteiger partial charge in [-0.2, -0.15) is 0 Å². The lowest BCUT2D eigenvalue weighted by Crippen LogP contribution is -2.41. The molecule has 0 atom stereocenters. The van der Waals surface area contributed by atoms with Crippen LogP contribution in [0, 0.1) is 12.8 Å². The molecular weight excluding hydrogens is 426 g/mol. The Morgan fingerprint density at radius 1 is 1.29 bits per heavy atom. The molecule has 0 spiro atoms. The van der Waals surface area contributed by atoms with Gasteiger partial charge in [-0.25, -0.2) is 4.79 Å². The molecule has 6 nitrogen and oxygen atoms in total. The largest absolute Gasteiger partial charge is 0.444 e. The summed E-state index contributed by atoms with van der Waals surface area (Å²) in [6.07, 6.45) is 5.49. The Bertz CT molecular complexity index is 932. The Kier molecular flexibility index (Phi) is 11.9. The first-order valence-corrected chi connectivity index (χ1v) is 12.4. The highest BCUT2D eigenvalue weighted by molar-refractivity contribution is 5.87. The van der Waals surface area contributed by atoms with Crippen molar-refractivity contribution in [2.45, 2.75) is 86.7 Å². The van der Waals surface area contributed by atoms with Crippen molar-refractivity contribution in [3.8, 4) is 0 Å². The Labute approximate surface area is 206 Å². The molecule has 1 aromatic heterocycles. The maximum Gasteiger partial charge on any atom is 0.410 e. The van der Waals surface area contributed by atoms with Crippen molar-refractivity contribution in [2.24, 2.45) is 5.92 Å². The van der Waals surface area contributed by atoms with Crippen LogP contribution in [-0.4, -0.2) is 34.8 Å². The number of likely N-dealkylation sites (tertiary alicyclic amines) is 1. The molecular formula is C28H45N3O3. The highest BCUT2D eigenvalue weighted by Gasteiger charge is 2.27. The van der Waals surface area contributed by atoms with Gasteiger partial charge in [-0.15, -0.1) is 6.58 Å². The molecule has 0 aliphatic carbocycles. The molecule has 1 aromatic carbocycles. The van der Waals surface area contributed by atoms with Crippen LogP contribution in [0.25, 0.3) is 11.0 Å². The van der Waals surface area contributed by atoms with Crippen molar-refractivity contribution < 1.29 is 14.1 Å². The number of allylic oxidation sites excluding steroid dienone is 2. The molecule has 3 rings (SSSR count). The number of anilines is 1. The average molecular weight is 472 g/mol. The van der Waals surface area contributed by atoms with E-state index in [0.29, 0.717) is 5.92 Å². The van der Waals surface area contributed by atoms with Gasteiger partial charge < -0.3 is 19.5 Å². The number of rotatable bonds is 5. The lowest BCUT2D eigenvalue weighted by Gasteiger charge is -2.33. The molecule has 0 radical (unpaired) electrons. The fraction of sp³-hybridized carbons (Fsp3) is 0.571. The number of carbonyl (C=O) groups is 1. The van der Waals surface area contributed by atoms with Gasteiger partial charge in [-0.3, -0.25) is 0 Å². The zero-order chi connectivity index (χ0) is 25.9. The minimum absolute atomic E-state index is 0.201. The van der Waals surface area contributed by atoms with Crippen LogP contribution >= 0.6 is 0 Å². The van der Waals surface area contributed by atoms with Crippen LogP contribution in [0.4, 0.5) is 10.5 Å². The molecule has 34 heavy (non-hydrogen) atoms. The molecule has 0 bridgehead atoms. The lowest BCUT2D eigenvalue weighted by molar-refractivity contribution is 0.0181. The van der Waals surface area contributed by atoms with Crippen molar-refractivity contribution in [3.05, 3.63) is 48.3 Å². The number of amides is 1. The number of nitrogens with zero attached hydrogens (tertiary/aromatic N) is 2. The number of ether oxygens (including phenoxy) is 1. The second kappa shape index (κ2) is 13.8. The van der Waals surface area contributed by atoms with Crippen molar-refractivity contribution in [1.82, 2.24) is 10.1 Å². The number of nitrogens with one attached hydrogen (secondary N) is 1. The van der Waals surface area contributed by atoms with Crippen LogP contribution in [0.15, 0.2) is 41.6 Å². The molecule has 6 heteroatoms. The number of hydrogen-bond acceptors (Lipinski definition) is 5. The van der Waals surface area contributed by atoms with Gasteiger partial charge in [0.25, 0.3) is 0 Å². The van der Waals surface area contributed by atoms with Gasteiger partial charge in [0.05, 0.1) is 5.69 Å². The standard InChI is InChI=1S/C23H33N3O3.C3H6.C2H6/c1-15(2)24-19-10-8-18-20(25-29-21(18)16(19)3)9-7-17-11-13-26(14-12-17)22(27)28-23(4,5)6;1-3-2;1-2/h8,10,17,24H,1,7,9,11-14H2,2-6H3;3H,1H2,2H3;1-2H3. The van der Waals surface area contributed by atoms with E-state index < -0.39 is 5.60 Å². The first-order valence-electron chi connectivity index (χ1n) is 12.4. The van der Waals surface area contributed by atoms with E-state index in [9.17, 15) is 4.79 Å². The summed E-state index contributed by atoms with van der Waals surface area (Å²) in [7, 11) is 0. The molecule has 190 valence electrons. The van der Waals surface area contributed by atoms with Crippen LogP contribution in [0.3, 0.4) is 0 Å². The van der Waals surface area contributed by atoms with Crippen molar-refractivity contribution in [2.75, 3.05) is 18.4 Å². The number of hydrogen-bond donors (Lipinski definition) is 1. The summed E-state index contributed by atoms with van der Waals surface area (Å²) in [5.41, 5.74) is 4.35. The molecule has 1 saturated heterocycles. The Balaban J connectivity index is 0.00000107. The van der Waals surface area contributed by atoms with Crippen molar-refractivity contribution in [1.29, 1.82) is 0 Å². The van der Waals surface area contributed by atoms with E-state index >= 15 is 0 Å². The predicted octanol–water partition coefficient (Wildman–Crippen LogP) is 7.88. The number of carbonyl (C=O) groups excluding carboxylic acids is 1. The quantitative estimate of drug-likeness (QED) is 0.449. The van der Waals surface area contributed by atoms with Crippen LogP contribution < -0.4 is 5.32 Å². The van der Waals surface area contributed by atoms with Gasteiger partial charge in [0.15, 0.2) is 5.58 Å². The third kappa shape index (κ3) is 8.88. The normalized spacial score (nSPS) is 13.8. The van der Waals surface area contributed by atoms with Crippen LogP contribution in [0.2, 0.25) is 0 Å². The number of aromatic nitrogens is 1. The number of aryl methyl sites for hydroxylation is 2.